The lowest BCUT2D eigenvalue weighted by molar-refractivity contribution is -0.137. The molecule has 2 atom stereocenters. The summed E-state index contributed by atoms with van der Waals surface area (Å²) in [4.78, 5) is 14.4. The second-order valence-corrected chi connectivity index (χ2v) is 7.57. The summed E-state index contributed by atoms with van der Waals surface area (Å²) in [5.74, 6) is -0.0829. The molecule has 2 aromatic rings. The number of likely N-dealkylation sites (N-methyl/N-ethyl adjacent to an activating group) is 1. The number of nitrogens with one attached hydrogen (secondary N) is 2. The predicted octanol–water partition coefficient (Wildman–Crippen LogP) is 3.84. The molecule has 156 valence electrons. The minimum atomic E-state index is -4.36. The fourth-order valence-corrected chi connectivity index (χ4v) is 3.83. The van der Waals surface area contributed by atoms with Gasteiger partial charge in [-0.15, -0.1) is 0 Å². The van der Waals surface area contributed by atoms with Gasteiger partial charge < -0.3 is 10.6 Å². The molecule has 1 fully saturated rings. The molecule has 4 nitrogen and oxygen atoms in total. The highest BCUT2D eigenvalue weighted by Crippen LogP contribution is 2.30. The van der Waals surface area contributed by atoms with E-state index in [0.717, 1.165) is 17.7 Å². The Kier molecular flexibility index (Phi) is 6.82. The number of likely N-dealkylation sites (tertiary alicyclic amines) is 1. The van der Waals surface area contributed by atoms with Gasteiger partial charge in [-0.1, -0.05) is 48.0 Å². The summed E-state index contributed by atoms with van der Waals surface area (Å²) in [6, 6.07) is 12.4. The molecule has 0 aliphatic carbocycles. The Morgan fingerprint density at radius 1 is 1.21 bits per heavy atom. The Bertz CT molecular complexity index is 859. The highest BCUT2D eigenvalue weighted by molar-refractivity contribution is 6.31. The van der Waals surface area contributed by atoms with Crippen molar-refractivity contribution in [2.45, 2.75) is 37.8 Å². The summed E-state index contributed by atoms with van der Waals surface area (Å²) in [6.07, 6.45) is -3.79. The van der Waals surface area contributed by atoms with Gasteiger partial charge in [0.05, 0.1) is 11.6 Å². The zero-order valence-corrected chi connectivity index (χ0v) is 16.7. The molecule has 1 amide bonds. The Balaban J connectivity index is 1.67. The lowest BCUT2D eigenvalue weighted by Crippen LogP contribution is -2.41. The minimum Gasteiger partial charge on any atom is -0.358 e. The van der Waals surface area contributed by atoms with Gasteiger partial charge in [-0.25, -0.2) is 0 Å². The third-order valence-corrected chi connectivity index (χ3v) is 5.50. The first-order valence-electron chi connectivity index (χ1n) is 9.36. The lowest BCUT2D eigenvalue weighted by Gasteiger charge is -2.23. The Hall–Kier alpha value is -2.09. The van der Waals surface area contributed by atoms with E-state index < -0.39 is 11.7 Å². The van der Waals surface area contributed by atoms with Crippen LogP contribution in [0.1, 0.15) is 23.1 Å². The van der Waals surface area contributed by atoms with Gasteiger partial charge in [0.2, 0.25) is 5.91 Å². The van der Waals surface area contributed by atoms with E-state index in [2.05, 4.69) is 10.6 Å². The summed E-state index contributed by atoms with van der Waals surface area (Å²) in [7, 11) is 1.60. The van der Waals surface area contributed by atoms with Crippen LogP contribution in [0.25, 0.3) is 0 Å². The van der Waals surface area contributed by atoms with E-state index in [9.17, 15) is 18.0 Å². The number of carbonyl (C=O) groups is 1. The lowest BCUT2D eigenvalue weighted by atomic mass is 10.1. The van der Waals surface area contributed by atoms with Gasteiger partial charge in [-0.05, 0) is 29.7 Å². The third-order valence-electron chi connectivity index (χ3n) is 5.13. The number of rotatable bonds is 6. The van der Waals surface area contributed by atoms with Gasteiger partial charge in [-0.3, -0.25) is 9.69 Å². The van der Waals surface area contributed by atoms with Gasteiger partial charge in [0.15, 0.2) is 0 Å². The van der Waals surface area contributed by atoms with Crippen molar-refractivity contribution in [1.29, 1.82) is 0 Å². The van der Waals surface area contributed by atoms with Gasteiger partial charge in [-0.2, -0.15) is 13.2 Å². The molecule has 8 heteroatoms. The quantitative estimate of drug-likeness (QED) is 0.739. The molecule has 0 unspecified atom stereocenters. The van der Waals surface area contributed by atoms with Crippen LogP contribution in [0.5, 0.6) is 0 Å². The van der Waals surface area contributed by atoms with E-state index in [4.69, 9.17) is 11.6 Å². The molecule has 1 heterocycles. The molecule has 1 aliphatic rings. The summed E-state index contributed by atoms with van der Waals surface area (Å²) in [6.45, 7) is 1.43. The van der Waals surface area contributed by atoms with Crippen LogP contribution >= 0.6 is 11.6 Å². The number of benzene rings is 2. The maximum atomic E-state index is 12.9. The van der Waals surface area contributed by atoms with Crippen LogP contribution in [0.2, 0.25) is 5.02 Å². The second kappa shape index (κ2) is 9.15. The molecular weight excluding hydrogens is 403 g/mol. The van der Waals surface area contributed by atoms with Gasteiger partial charge in [0.1, 0.15) is 0 Å². The number of halogens is 4. The largest absolute Gasteiger partial charge is 0.416 e. The van der Waals surface area contributed by atoms with E-state index in [-0.39, 0.29) is 18.0 Å². The molecule has 1 saturated heterocycles. The van der Waals surface area contributed by atoms with Crippen LogP contribution in [-0.4, -0.2) is 36.5 Å². The molecule has 0 aromatic heterocycles. The number of alkyl halides is 3. The summed E-state index contributed by atoms with van der Waals surface area (Å²) in [5.41, 5.74) is 0.828. The number of hydrogen-bond donors (Lipinski definition) is 2. The van der Waals surface area contributed by atoms with E-state index in [1.807, 2.05) is 29.2 Å². The highest BCUT2D eigenvalue weighted by Gasteiger charge is 2.36. The molecule has 3 rings (SSSR count). The van der Waals surface area contributed by atoms with Crippen LogP contribution in [0.4, 0.5) is 13.2 Å². The van der Waals surface area contributed by atoms with Crippen LogP contribution < -0.4 is 10.6 Å². The molecule has 1 aliphatic heterocycles. The van der Waals surface area contributed by atoms with Crippen molar-refractivity contribution < 1.29 is 18.0 Å². The maximum absolute atomic E-state index is 12.9. The highest BCUT2D eigenvalue weighted by atomic mass is 35.5. The Morgan fingerprint density at radius 3 is 2.66 bits per heavy atom. The molecule has 0 bridgehead atoms. The zero-order chi connectivity index (χ0) is 21.0. The number of carbonyl (C=O) groups excluding carboxylic acids is 1. The van der Waals surface area contributed by atoms with Gasteiger partial charge >= 0.3 is 6.18 Å². The average Bonchev–Trinajstić information content (AvgIpc) is 3.10. The normalized spacial score (nSPS) is 20.0. The van der Waals surface area contributed by atoms with Crippen LogP contribution in [0.15, 0.2) is 48.5 Å². The number of nitrogens with zero attached hydrogens (tertiary/aromatic N) is 1. The molecule has 29 heavy (non-hydrogen) atoms. The van der Waals surface area contributed by atoms with Crippen molar-refractivity contribution >= 4 is 17.5 Å². The first-order valence-corrected chi connectivity index (χ1v) is 9.74. The predicted molar refractivity (Wildman–Crippen MR) is 106 cm³/mol. The molecule has 0 radical (unpaired) electrons. The zero-order valence-electron chi connectivity index (χ0n) is 16.0. The van der Waals surface area contributed by atoms with Crippen LogP contribution in [-0.2, 0) is 24.1 Å². The Labute approximate surface area is 173 Å². The topological polar surface area (TPSA) is 44.4 Å². The van der Waals surface area contributed by atoms with Gasteiger partial charge in [0.25, 0.3) is 0 Å². The molecule has 0 spiro atoms. The summed E-state index contributed by atoms with van der Waals surface area (Å²) < 4.78 is 38.7. The smallest absolute Gasteiger partial charge is 0.358 e. The third kappa shape index (κ3) is 5.50. The van der Waals surface area contributed by atoms with Crippen molar-refractivity contribution in [3.63, 3.8) is 0 Å². The average molecular weight is 426 g/mol. The van der Waals surface area contributed by atoms with Crippen LogP contribution in [0, 0.1) is 0 Å². The van der Waals surface area contributed by atoms with E-state index in [1.165, 1.54) is 6.07 Å². The number of amides is 1. The van der Waals surface area contributed by atoms with E-state index >= 15 is 0 Å². The van der Waals surface area contributed by atoms with Gasteiger partial charge in [0, 0.05) is 37.7 Å². The molecule has 2 N–H and O–H groups in total. The molecule has 0 saturated carbocycles. The van der Waals surface area contributed by atoms with Crippen molar-refractivity contribution in [3.8, 4) is 0 Å². The molecule has 2 aromatic carbocycles. The SMILES string of the molecule is CNC(=O)[C@@H]1C[C@H](NCc2cccc(C(F)(F)F)c2)CN1Cc1ccccc1Cl. The maximum Gasteiger partial charge on any atom is 0.416 e. The monoisotopic (exact) mass is 425 g/mol. The minimum absolute atomic E-state index is 0.0191. The summed E-state index contributed by atoms with van der Waals surface area (Å²) >= 11 is 6.26. The second-order valence-electron chi connectivity index (χ2n) is 7.16. The van der Waals surface area contributed by atoms with E-state index in [1.54, 1.807) is 13.1 Å². The fourth-order valence-electron chi connectivity index (χ4n) is 3.63. The van der Waals surface area contributed by atoms with E-state index in [0.29, 0.717) is 36.6 Å². The standard InChI is InChI=1S/C21H23ClF3N3O/c1-26-20(29)19-10-17(13-28(19)12-15-6-2-3-8-18(15)22)27-11-14-5-4-7-16(9-14)21(23,24)25/h2-9,17,19,27H,10-13H2,1H3,(H,26,29)/t17-,19-/m0/s1. The van der Waals surface area contributed by atoms with Crippen molar-refractivity contribution in [1.82, 2.24) is 15.5 Å². The summed E-state index contributed by atoms with van der Waals surface area (Å²) in [5, 5.41) is 6.63. The first-order chi connectivity index (χ1) is 13.8. The first kappa shape index (κ1) is 21.6. The Morgan fingerprint density at radius 2 is 1.97 bits per heavy atom. The fraction of sp³-hybridized carbons (Fsp3) is 0.381. The number of hydrogen-bond acceptors (Lipinski definition) is 3. The van der Waals surface area contributed by atoms with Crippen molar-refractivity contribution in [3.05, 3.63) is 70.2 Å². The molecular formula is C21H23ClF3N3O. The van der Waals surface area contributed by atoms with Crippen LogP contribution in [0.3, 0.4) is 0 Å². The van der Waals surface area contributed by atoms with Crippen molar-refractivity contribution in [2.24, 2.45) is 0 Å². The van der Waals surface area contributed by atoms with Crippen molar-refractivity contribution in [2.75, 3.05) is 13.6 Å².